The van der Waals surface area contributed by atoms with Gasteiger partial charge in [-0.2, -0.15) is 0 Å². The fraction of sp³-hybridized carbons (Fsp3) is 0.500. The second-order valence-corrected chi connectivity index (χ2v) is 7.10. The van der Waals surface area contributed by atoms with Crippen molar-refractivity contribution in [2.75, 3.05) is 13.2 Å². The Morgan fingerprint density at radius 1 is 1.44 bits per heavy atom. The van der Waals surface area contributed by atoms with E-state index in [-0.39, 0.29) is 12.0 Å². The average Bonchev–Trinajstić information content (AvgIpc) is 3.19. The largest absolute Gasteiger partial charge is 0.493 e. The Hall–Kier alpha value is -1.99. The lowest BCUT2D eigenvalue weighted by Gasteiger charge is -2.09. The van der Waals surface area contributed by atoms with Crippen LogP contribution in [0.5, 0.6) is 5.88 Å². The highest BCUT2D eigenvalue weighted by Crippen LogP contribution is 2.39. The van der Waals surface area contributed by atoms with Crippen LogP contribution >= 0.6 is 12.2 Å². The Bertz CT molecular complexity index is 779. The third-order valence-electron chi connectivity index (χ3n) is 4.21. The van der Waals surface area contributed by atoms with Gasteiger partial charge in [0.15, 0.2) is 5.69 Å². The summed E-state index contributed by atoms with van der Waals surface area (Å²) in [5.74, 6) is 0.529. The summed E-state index contributed by atoms with van der Waals surface area (Å²) in [5.41, 5.74) is 1.40. The topological polar surface area (TPSA) is 71.1 Å². The van der Waals surface area contributed by atoms with Gasteiger partial charge in [0, 0.05) is 25.1 Å². The number of fused-ring (bicyclic) bond motifs is 1. The highest BCUT2D eigenvalue weighted by atomic mass is 32.1. The van der Waals surface area contributed by atoms with E-state index in [0.29, 0.717) is 29.8 Å². The second kappa shape index (κ2) is 7.93. The molecule has 0 spiro atoms. The molecule has 0 aliphatic carbocycles. The molecular weight excluding hydrogens is 336 g/mol. The molecule has 1 atom stereocenters. The summed E-state index contributed by atoms with van der Waals surface area (Å²) >= 11 is 5.22. The number of hydrogen-bond donors (Lipinski definition) is 2. The molecule has 1 fully saturated rings. The fourth-order valence-corrected chi connectivity index (χ4v) is 3.18. The molecule has 1 aromatic heterocycles. The number of para-hydroxylation sites is 1. The van der Waals surface area contributed by atoms with E-state index in [4.69, 9.17) is 17.0 Å². The molecule has 1 aromatic carbocycles. The van der Waals surface area contributed by atoms with E-state index in [9.17, 15) is 5.11 Å². The number of thiocarbonyl (C=S) groups is 1. The van der Waals surface area contributed by atoms with Crippen LogP contribution in [0.15, 0.2) is 34.5 Å². The third kappa shape index (κ3) is 4.16. The number of ether oxygens (including phenoxy) is 1. The summed E-state index contributed by atoms with van der Waals surface area (Å²) in [5, 5.41) is 23.1. The van der Waals surface area contributed by atoms with Gasteiger partial charge in [-0.05, 0) is 37.0 Å². The highest BCUT2D eigenvalue weighted by Gasteiger charge is 2.18. The van der Waals surface area contributed by atoms with Gasteiger partial charge in [0.05, 0.1) is 11.6 Å². The Labute approximate surface area is 152 Å². The van der Waals surface area contributed by atoms with Crippen LogP contribution in [-0.2, 0) is 11.3 Å². The van der Waals surface area contributed by atoms with Gasteiger partial charge < -0.3 is 19.7 Å². The number of benzene rings is 1. The number of azo groups is 1. The van der Waals surface area contributed by atoms with Crippen molar-refractivity contribution >= 4 is 33.9 Å². The monoisotopic (exact) mass is 360 g/mol. The van der Waals surface area contributed by atoms with Gasteiger partial charge in [-0.3, -0.25) is 0 Å². The van der Waals surface area contributed by atoms with E-state index in [1.807, 2.05) is 28.8 Å². The van der Waals surface area contributed by atoms with Crippen molar-refractivity contribution in [3.05, 3.63) is 24.3 Å². The molecule has 134 valence electrons. The molecule has 1 aliphatic rings. The Morgan fingerprint density at radius 2 is 2.24 bits per heavy atom. The van der Waals surface area contributed by atoms with Crippen LogP contribution in [0.3, 0.4) is 0 Å². The standard InChI is InChI=1S/C18H24N4O2S/c1-12(2)11-22-15-8-4-3-7-14(15)16(17(22)23)20-21-18(25)19-10-13-6-5-9-24-13/h3-4,7-8,12-13,23H,5-6,9-11H2,1-2H3,(H,19,25). The van der Waals surface area contributed by atoms with Crippen molar-refractivity contribution < 1.29 is 9.84 Å². The van der Waals surface area contributed by atoms with Crippen molar-refractivity contribution in [2.45, 2.75) is 39.3 Å². The van der Waals surface area contributed by atoms with Crippen molar-refractivity contribution in [3.8, 4) is 5.88 Å². The minimum atomic E-state index is 0.126. The molecule has 2 N–H and O–H groups in total. The first-order valence-corrected chi connectivity index (χ1v) is 9.08. The number of hydrogen-bond acceptors (Lipinski definition) is 4. The molecule has 0 radical (unpaired) electrons. The molecule has 7 heteroatoms. The van der Waals surface area contributed by atoms with Gasteiger partial charge in [-0.1, -0.05) is 32.0 Å². The molecule has 3 rings (SSSR count). The fourth-order valence-electron chi connectivity index (χ4n) is 3.06. The minimum absolute atomic E-state index is 0.126. The summed E-state index contributed by atoms with van der Waals surface area (Å²) in [6.07, 6.45) is 2.31. The third-order valence-corrected chi connectivity index (χ3v) is 4.44. The van der Waals surface area contributed by atoms with E-state index < -0.39 is 0 Å². The van der Waals surface area contributed by atoms with Gasteiger partial charge in [-0.15, -0.1) is 10.2 Å². The second-order valence-electron chi connectivity index (χ2n) is 6.71. The summed E-state index contributed by atoms with van der Waals surface area (Å²) in [6, 6.07) is 7.79. The smallest absolute Gasteiger partial charge is 0.220 e. The number of rotatable bonds is 5. The molecule has 6 nitrogen and oxygen atoms in total. The van der Waals surface area contributed by atoms with Crippen molar-refractivity contribution in [1.29, 1.82) is 0 Å². The predicted molar refractivity (Wildman–Crippen MR) is 103 cm³/mol. The minimum Gasteiger partial charge on any atom is -0.493 e. The zero-order valence-electron chi connectivity index (χ0n) is 14.6. The number of aromatic hydroxyl groups is 1. The van der Waals surface area contributed by atoms with Gasteiger partial charge in [0.25, 0.3) is 0 Å². The van der Waals surface area contributed by atoms with Crippen LogP contribution in [0.1, 0.15) is 26.7 Å². The van der Waals surface area contributed by atoms with Gasteiger partial charge in [-0.25, -0.2) is 0 Å². The quantitative estimate of drug-likeness (QED) is 0.621. The van der Waals surface area contributed by atoms with E-state index in [1.165, 1.54) is 0 Å². The van der Waals surface area contributed by atoms with Crippen LogP contribution in [0.4, 0.5) is 5.69 Å². The van der Waals surface area contributed by atoms with Crippen LogP contribution in [0, 0.1) is 5.92 Å². The first-order chi connectivity index (χ1) is 12.1. The molecular formula is C18H24N4O2S. The zero-order chi connectivity index (χ0) is 17.8. The Morgan fingerprint density at radius 3 is 2.96 bits per heavy atom. The molecule has 0 saturated carbocycles. The number of nitrogens with one attached hydrogen (secondary N) is 1. The molecule has 0 amide bonds. The molecule has 2 aromatic rings. The maximum absolute atomic E-state index is 10.6. The van der Waals surface area contributed by atoms with Crippen LogP contribution in [0.2, 0.25) is 0 Å². The Balaban J connectivity index is 1.78. The van der Waals surface area contributed by atoms with E-state index >= 15 is 0 Å². The summed E-state index contributed by atoms with van der Waals surface area (Å²) < 4.78 is 7.42. The lowest BCUT2D eigenvalue weighted by Crippen LogP contribution is -2.29. The summed E-state index contributed by atoms with van der Waals surface area (Å²) in [7, 11) is 0. The Kier molecular flexibility index (Phi) is 5.65. The van der Waals surface area contributed by atoms with E-state index in [1.54, 1.807) is 0 Å². The lowest BCUT2D eigenvalue weighted by atomic mass is 10.2. The van der Waals surface area contributed by atoms with E-state index in [2.05, 4.69) is 29.4 Å². The van der Waals surface area contributed by atoms with Crippen LogP contribution in [0.25, 0.3) is 10.9 Å². The normalized spacial score (nSPS) is 17.8. The van der Waals surface area contributed by atoms with Crippen LogP contribution in [-0.4, -0.2) is 34.0 Å². The predicted octanol–water partition coefficient (Wildman–Crippen LogP) is 4.14. The zero-order valence-corrected chi connectivity index (χ0v) is 15.4. The van der Waals surface area contributed by atoms with Gasteiger partial charge in [0.1, 0.15) is 0 Å². The number of aromatic nitrogens is 1. The van der Waals surface area contributed by atoms with Crippen LogP contribution < -0.4 is 5.32 Å². The van der Waals surface area contributed by atoms with Crippen molar-refractivity contribution in [1.82, 2.24) is 9.88 Å². The van der Waals surface area contributed by atoms with E-state index in [0.717, 1.165) is 30.4 Å². The molecule has 1 unspecified atom stereocenters. The highest BCUT2D eigenvalue weighted by molar-refractivity contribution is 7.80. The molecule has 1 aliphatic heterocycles. The van der Waals surface area contributed by atoms with Crippen molar-refractivity contribution in [3.63, 3.8) is 0 Å². The summed E-state index contributed by atoms with van der Waals surface area (Å²) in [6.45, 7) is 6.38. The summed E-state index contributed by atoms with van der Waals surface area (Å²) in [4.78, 5) is 0. The maximum atomic E-state index is 10.6. The molecule has 25 heavy (non-hydrogen) atoms. The molecule has 1 saturated heterocycles. The maximum Gasteiger partial charge on any atom is 0.220 e. The molecule has 0 bridgehead atoms. The first kappa shape index (κ1) is 17.8. The SMILES string of the molecule is CC(C)Cn1c(O)c(N=NC(=S)NCC2CCCO2)c2ccccc21. The first-order valence-electron chi connectivity index (χ1n) is 8.67. The van der Waals surface area contributed by atoms with Gasteiger partial charge >= 0.3 is 0 Å². The van der Waals surface area contributed by atoms with Crippen molar-refractivity contribution in [2.24, 2.45) is 16.1 Å². The van der Waals surface area contributed by atoms with Gasteiger partial charge in [0.2, 0.25) is 11.0 Å². The molecule has 2 heterocycles. The lowest BCUT2D eigenvalue weighted by molar-refractivity contribution is 0.114. The average molecular weight is 360 g/mol. The number of nitrogens with zero attached hydrogens (tertiary/aromatic N) is 3.